The number of carbonyl (C=O) groups excluding carboxylic acids is 1. The van der Waals surface area contributed by atoms with E-state index in [-0.39, 0.29) is 11.5 Å². The van der Waals surface area contributed by atoms with E-state index in [1.54, 1.807) is 18.2 Å². The molecule has 118 valence electrons. The van der Waals surface area contributed by atoms with E-state index in [9.17, 15) is 9.59 Å². The number of rotatable bonds is 5. The summed E-state index contributed by atoms with van der Waals surface area (Å²) in [6.07, 6.45) is 0.933. The Bertz CT molecular complexity index is 805. The maximum atomic E-state index is 12.3. The number of fused-ring (bicyclic) bond motifs is 1. The fourth-order valence-electron chi connectivity index (χ4n) is 2.26. The number of benzene rings is 1. The van der Waals surface area contributed by atoms with Gasteiger partial charge in [0, 0.05) is 18.7 Å². The molecule has 2 aromatic rings. The molecular formula is C16H21N3O2S. The Labute approximate surface area is 134 Å². The lowest BCUT2D eigenvalue weighted by molar-refractivity contribution is 0.0952. The van der Waals surface area contributed by atoms with Crippen LogP contribution >= 0.6 is 12.2 Å². The van der Waals surface area contributed by atoms with Crippen LogP contribution < -0.4 is 10.9 Å². The van der Waals surface area contributed by atoms with Crippen molar-refractivity contribution in [2.24, 2.45) is 5.92 Å². The van der Waals surface area contributed by atoms with E-state index in [2.05, 4.69) is 24.1 Å². The van der Waals surface area contributed by atoms with Crippen molar-refractivity contribution in [2.75, 3.05) is 6.54 Å². The van der Waals surface area contributed by atoms with E-state index in [4.69, 9.17) is 12.2 Å². The van der Waals surface area contributed by atoms with Gasteiger partial charge in [0.05, 0.1) is 10.9 Å². The van der Waals surface area contributed by atoms with Gasteiger partial charge in [-0.15, -0.1) is 0 Å². The van der Waals surface area contributed by atoms with Crippen molar-refractivity contribution < 1.29 is 4.79 Å². The maximum Gasteiger partial charge on any atom is 0.262 e. The van der Waals surface area contributed by atoms with Crippen LogP contribution in [0.5, 0.6) is 0 Å². The number of hydrogen-bond acceptors (Lipinski definition) is 3. The van der Waals surface area contributed by atoms with E-state index in [0.29, 0.717) is 40.2 Å². The lowest BCUT2D eigenvalue weighted by atomic mass is 10.1. The fraction of sp³-hybridized carbons (Fsp3) is 0.438. The summed E-state index contributed by atoms with van der Waals surface area (Å²) in [5.41, 5.74) is 0.986. The molecule has 1 aromatic carbocycles. The summed E-state index contributed by atoms with van der Waals surface area (Å²) in [6.45, 7) is 7.25. The Kier molecular flexibility index (Phi) is 5.13. The van der Waals surface area contributed by atoms with Crippen molar-refractivity contribution in [1.29, 1.82) is 0 Å². The number of hydrogen-bond donors (Lipinski definition) is 2. The van der Waals surface area contributed by atoms with Crippen molar-refractivity contribution in [2.45, 2.75) is 33.7 Å². The van der Waals surface area contributed by atoms with Crippen LogP contribution in [0.1, 0.15) is 37.6 Å². The summed E-state index contributed by atoms with van der Waals surface area (Å²) in [6, 6.07) is 5.02. The molecule has 1 heterocycles. The second kappa shape index (κ2) is 6.87. The molecule has 0 aliphatic rings. The van der Waals surface area contributed by atoms with Crippen molar-refractivity contribution in [3.8, 4) is 0 Å². The first kappa shape index (κ1) is 16.4. The van der Waals surface area contributed by atoms with Gasteiger partial charge in [0.25, 0.3) is 11.5 Å². The highest BCUT2D eigenvalue weighted by molar-refractivity contribution is 7.71. The van der Waals surface area contributed by atoms with Crippen molar-refractivity contribution in [1.82, 2.24) is 14.9 Å². The van der Waals surface area contributed by atoms with Crippen molar-refractivity contribution >= 4 is 29.0 Å². The molecule has 0 saturated heterocycles. The second-order valence-corrected chi connectivity index (χ2v) is 6.07. The standard InChI is InChI=1S/C16H21N3O2S/c1-4-19-15(21)12-6-5-11(9-13(12)18-16(19)22)14(20)17-8-7-10(2)3/h5-6,9-10H,4,7-8H2,1-3H3,(H,17,20)(H,18,22). The molecule has 22 heavy (non-hydrogen) atoms. The maximum absolute atomic E-state index is 12.3. The van der Waals surface area contributed by atoms with Gasteiger partial charge in [-0.1, -0.05) is 13.8 Å². The average Bonchev–Trinajstić information content (AvgIpc) is 2.46. The molecule has 6 heteroatoms. The molecule has 0 saturated carbocycles. The third kappa shape index (κ3) is 3.44. The average molecular weight is 319 g/mol. The summed E-state index contributed by atoms with van der Waals surface area (Å²) in [4.78, 5) is 27.4. The zero-order chi connectivity index (χ0) is 16.3. The van der Waals surface area contributed by atoms with Crippen LogP contribution in [0.2, 0.25) is 0 Å². The zero-order valence-electron chi connectivity index (χ0n) is 13.1. The van der Waals surface area contributed by atoms with Crippen LogP contribution in [-0.4, -0.2) is 22.0 Å². The summed E-state index contributed by atoms with van der Waals surface area (Å²) in [5, 5.41) is 3.42. The quantitative estimate of drug-likeness (QED) is 0.833. The molecule has 2 N–H and O–H groups in total. The lowest BCUT2D eigenvalue weighted by Crippen LogP contribution is -2.26. The Morgan fingerprint density at radius 1 is 1.41 bits per heavy atom. The molecule has 1 aromatic heterocycles. The topological polar surface area (TPSA) is 66.9 Å². The highest BCUT2D eigenvalue weighted by atomic mass is 32.1. The Morgan fingerprint density at radius 3 is 2.77 bits per heavy atom. The number of nitrogens with one attached hydrogen (secondary N) is 2. The van der Waals surface area contributed by atoms with Crippen LogP contribution in [0.25, 0.3) is 10.9 Å². The first-order valence-electron chi connectivity index (χ1n) is 7.49. The zero-order valence-corrected chi connectivity index (χ0v) is 13.9. The van der Waals surface area contributed by atoms with E-state index < -0.39 is 0 Å². The predicted molar refractivity (Wildman–Crippen MR) is 90.9 cm³/mol. The Balaban J connectivity index is 2.33. The van der Waals surface area contributed by atoms with Gasteiger partial charge in [0.15, 0.2) is 4.77 Å². The summed E-state index contributed by atoms with van der Waals surface area (Å²) >= 11 is 5.18. The molecule has 1 amide bonds. The molecule has 2 rings (SSSR count). The van der Waals surface area contributed by atoms with Gasteiger partial charge in [-0.3, -0.25) is 14.2 Å². The SMILES string of the molecule is CCn1c(=S)[nH]c2cc(C(=O)NCCC(C)C)ccc2c1=O. The summed E-state index contributed by atoms with van der Waals surface area (Å²) < 4.78 is 1.87. The van der Waals surface area contributed by atoms with Gasteiger partial charge in [-0.2, -0.15) is 0 Å². The van der Waals surface area contributed by atoms with Gasteiger partial charge >= 0.3 is 0 Å². The monoisotopic (exact) mass is 319 g/mol. The predicted octanol–water partition coefficient (Wildman–Crippen LogP) is 2.85. The Morgan fingerprint density at radius 2 is 2.14 bits per heavy atom. The highest BCUT2D eigenvalue weighted by Gasteiger charge is 2.09. The molecule has 0 atom stereocenters. The molecule has 0 radical (unpaired) electrons. The van der Waals surface area contributed by atoms with Gasteiger partial charge in [0.1, 0.15) is 0 Å². The number of aromatic amines is 1. The minimum Gasteiger partial charge on any atom is -0.352 e. The number of amides is 1. The first-order valence-corrected chi connectivity index (χ1v) is 7.90. The van der Waals surface area contributed by atoms with Crippen molar-refractivity contribution in [3.63, 3.8) is 0 Å². The summed E-state index contributed by atoms with van der Waals surface area (Å²) in [5.74, 6) is 0.405. The van der Waals surface area contributed by atoms with Crippen LogP contribution in [0.4, 0.5) is 0 Å². The van der Waals surface area contributed by atoms with E-state index in [0.717, 1.165) is 6.42 Å². The first-order chi connectivity index (χ1) is 10.4. The molecule has 0 unspecified atom stereocenters. The third-order valence-electron chi connectivity index (χ3n) is 3.57. The van der Waals surface area contributed by atoms with E-state index in [1.807, 2.05) is 6.92 Å². The molecule has 0 aliphatic heterocycles. The molecule has 0 bridgehead atoms. The highest BCUT2D eigenvalue weighted by Crippen LogP contribution is 2.11. The van der Waals surface area contributed by atoms with Crippen molar-refractivity contribution in [3.05, 3.63) is 38.9 Å². The normalized spacial score (nSPS) is 11.1. The smallest absolute Gasteiger partial charge is 0.262 e. The minimum atomic E-state index is -0.137. The number of aromatic nitrogens is 2. The van der Waals surface area contributed by atoms with Gasteiger partial charge < -0.3 is 10.3 Å². The number of H-pyrrole nitrogens is 1. The number of carbonyl (C=O) groups is 1. The van der Waals surface area contributed by atoms with Crippen LogP contribution in [-0.2, 0) is 6.54 Å². The Hall–Kier alpha value is -1.95. The van der Waals surface area contributed by atoms with Gasteiger partial charge in [-0.05, 0) is 49.7 Å². The molecular weight excluding hydrogens is 298 g/mol. The van der Waals surface area contributed by atoms with Gasteiger partial charge in [-0.25, -0.2) is 0 Å². The minimum absolute atomic E-state index is 0.131. The lowest BCUT2D eigenvalue weighted by Gasteiger charge is -2.09. The van der Waals surface area contributed by atoms with Gasteiger partial charge in [0.2, 0.25) is 0 Å². The second-order valence-electron chi connectivity index (χ2n) is 5.68. The van der Waals surface area contributed by atoms with Crippen LogP contribution in [0.3, 0.4) is 0 Å². The molecule has 0 aliphatic carbocycles. The fourth-order valence-corrected chi connectivity index (χ4v) is 2.58. The van der Waals surface area contributed by atoms with Crippen LogP contribution in [0.15, 0.2) is 23.0 Å². The summed E-state index contributed by atoms with van der Waals surface area (Å²) in [7, 11) is 0. The molecule has 0 fully saturated rings. The van der Waals surface area contributed by atoms with Crippen LogP contribution in [0, 0.1) is 10.7 Å². The van der Waals surface area contributed by atoms with E-state index in [1.165, 1.54) is 4.57 Å². The largest absolute Gasteiger partial charge is 0.352 e. The molecule has 0 spiro atoms. The molecule has 5 nitrogen and oxygen atoms in total. The number of nitrogens with zero attached hydrogens (tertiary/aromatic N) is 1. The van der Waals surface area contributed by atoms with E-state index >= 15 is 0 Å². The third-order valence-corrected chi connectivity index (χ3v) is 3.89.